The number of carbonyl (C=O) groups excluding carboxylic acids is 1. The molecule has 2 atom stereocenters. The predicted molar refractivity (Wildman–Crippen MR) is 134 cm³/mol. The van der Waals surface area contributed by atoms with Crippen molar-refractivity contribution in [2.75, 3.05) is 36.5 Å². The van der Waals surface area contributed by atoms with Crippen LogP contribution >= 0.6 is 0 Å². The van der Waals surface area contributed by atoms with Crippen LogP contribution < -0.4 is 20.9 Å². The summed E-state index contributed by atoms with van der Waals surface area (Å²) < 4.78 is 5.47. The second-order valence-corrected chi connectivity index (χ2v) is 8.80. The lowest BCUT2D eigenvalue weighted by Gasteiger charge is -2.20. The molecule has 1 amide bonds. The molecule has 7 heteroatoms. The lowest BCUT2D eigenvalue weighted by atomic mass is 10.2. The molecule has 4 rings (SSSR count). The monoisotopic (exact) mass is 449 g/mol. The fourth-order valence-corrected chi connectivity index (χ4v) is 4.31. The van der Waals surface area contributed by atoms with Crippen LogP contribution in [0.15, 0.2) is 53.5 Å². The summed E-state index contributed by atoms with van der Waals surface area (Å²) in [6.07, 6.45) is 2.47. The van der Waals surface area contributed by atoms with Crippen molar-refractivity contribution < 1.29 is 9.53 Å². The van der Waals surface area contributed by atoms with Gasteiger partial charge >= 0.3 is 0 Å². The molecule has 3 N–H and O–H groups in total. The van der Waals surface area contributed by atoms with Gasteiger partial charge in [-0.3, -0.25) is 4.79 Å². The van der Waals surface area contributed by atoms with Gasteiger partial charge in [-0.15, -0.1) is 0 Å². The molecule has 33 heavy (non-hydrogen) atoms. The fourth-order valence-electron chi connectivity index (χ4n) is 4.31. The number of aryl methyl sites for hydroxylation is 1. The molecule has 2 fully saturated rings. The predicted octanol–water partition coefficient (Wildman–Crippen LogP) is 3.45. The Morgan fingerprint density at radius 3 is 2.79 bits per heavy atom. The Morgan fingerprint density at radius 1 is 1.18 bits per heavy atom. The number of hydrogen-bond acceptors (Lipinski definition) is 4. The van der Waals surface area contributed by atoms with E-state index in [1.165, 1.54) is 11.3 Å². The Kier molecular flexibility index (Phi) is 7.83. The molecule has 2 aromatic rings. The fraction of sp³-hybridized carbons (Fsp3) is 0.462. The Bertz CT molecular complexity index is 953. The maximum absolute atomic E-state index is 12.3. The van der Waals surface area contributed by atoms with Gasteiger partial charge in [0.15, 0.2) is 5.96 Å². The van der Waals surface area contributed by atoms with E-state index >= 15 is 0 Å². The third kappa shape index (κ3) is 6.48. The number of carbonyl (C=O) groups is 1. The molecule has 0 aliphatic carbocycles. The molecule has 0 aromatic heterocycles. The maximum Gasteiger partial charge on any atom is 0.253 e. The van der Waals surface area contributed by atoms with E-state index in [-0.39, 0.29) is 12.0 Å². The zero-order valence-corrected chi connectivity index (χ0v) is 19.6. The van der Waals surface area contributed by atoms with Crippen LogP contribution in [0, 0.1) is 6.92 Å². The second-order valence-electron chi connectivity index (χ2n) is 8.80. The van der Waals surface area contributed by atoms with E-state index in [1.807, 2.05) is 24.3 Å². The first kappa shape index (κ1) is 23.1. The zero-order chi connectivity index (χ0) is 23.0. The number of rotatable bonds is 7. The van der Waals surface area contributed by atoms with Gasteiger partial charge in [-0.05, 0) is 62.9 Å². The van der Waals surface area contributed by atoms with E-state index in [1.54, 1.807) is 0 Å². The van der Waals surface area contributed by atoms with Gasteiger partial charge in [0.2, 0.25) is 0 Å². The SMILES string of the molecule is CCNC(=NCc1cccc(NC(=O)C2CCCO2)c1)NC1CCN(c2ccc(C)cc2)C1. The van der Waals surface area contributed by atoms with Crippen LogP contribution in [0.5, 0.6) is 0 Å². The normalized spacial score (nSPS) is 20.7. The standard InChI is InChI=1S/C26H35N5O2/c1-3-27-26(30-22-13-14-31(18-22)23-11-9-19(2)10-12-23)28-17-20-6-4-7-21(16-20)29-25(32)24-8-5-15-33-24/h4,6-7,9-12,16,22,24H,3,5,8,13-15,17-18H2,1-2H3,(H,29,32)(H2,27,28,30). The Labute approximate surface area is 196 Å². The van der Waals surface area contributed by atoms with Crippen molar-refractivity contribution in [3.05, 3.63) is 59.7 Å². The topological polar surface area (TPSA) is 78.0 Å². The molecular weight excluding hydrogens is 414 g/mol. The van der Waals surface area contributed by atoms with Gasteiger partial charge in [-0.1, -0.05) is 29.8 Å². The summed E-state index contributed by atoms with van der Waals surface area (Å²) in [5.74, 6) is 0.754. The molecule has 2 aromatic carbocycles. The van der Waals surface area contributed by atoms with Gasteiger partial charge in [-0.2, -0.15) is 0 Å². The van der Waals surface area contributed by atoms with Gasteiger partial charge in [0.25, 0.3) is 5.91 Å². The van der Waals surface area contributed by atoms with Gasteiger partial charge < -0.3 is 25.6 Å². The average Bonchev–Trinajstić information content (AvgIpc) is 3.51. The van der Waals surface area contributed by atoms with Gasteiger partial charge in [0.05, 0.1) is 6.54 Å². The minimum Gasteiger partial charge on any atom is -0.369 e. The van der Waals surface area contributed by atoms with Crippen LogP contribution in [0.2, 0.25) is 0 Å². The lowest BCUT2D eigenvalue weighted by molar-refractivity contribution is -0.124. The minimum absolute atomic E-state index is 0.0671. The molecule has 2 aliphatic rings. The number of amides is 1. The molecule has 2 unspecified atom stereocenters. The Hall–Kier alpha value is -3.06. The van der Waals surface area contributed by atoms with Gasteiger partial charge in [0.1, 0.15) is 6.10 Å². The van der Waals surface area contributed by atoms with Crippen molar-refractivity contribution in [1.82, 2.24) is 10.6 Å². The maximum atomic E-state index is 12.3. The molecular formula is C26H35N5O2. The highest BCUT2D eigenvalue weighted by atomic mass is 16.5. The summed E-state index contributed by atoms with van der Waals surface area (Å²) >= 11 is 0. The van der Waals surface area contributed by atoms with E-state index < -0.39 is 0 Å². The van der Waals surface area contributed by atoms with E-state index in [2.05, 4.69) is 59.0 Å². The van der Waals surface area contributed by atoms with Crippen LogP contribution in [0.4, 0.5) is 11.4 Å². The van der Waals surface area contributed by atoms with E-state index in [0.717, 1.165) is 56.1 Å². The molecule has 0 radical (unpaired) electrons. The molecule has 0 saturated carbocycles. The largest absolute Gasteiger partial charge is 0.369 e. The summed E-state index contributed by atoms with van der Waals surface area (Å²) in [5.41, 5.74) is 4.38. The van der Waals surface area contributed by atoms with Crippen LogP contribution in [-0.2, 0) is 16.1 Å². The zero-order valence-electron chi connectivity index (χ0n) is 19.6. The highest BCUT2D eigenvalue weighted by molar-refractivity contribution is 5.94. The van der Waals surface area contributed by atoms with Gasteiger partial charge in [-0.25, -0.2) is 4.99 Å². The van der Waals surface area contributed by atoms with Crippen molar-refractivity contribution in [2.24, 2.45) is 4.99 Å². The number of benzene rings is 2. The van der Waals surface area contributed by atoms with E-state index in [9.17, 15) is 4.79 Å². The Morgan fingerprint density at radius 2 is 2.03 bits per heavy atom. The molecule has 7 nitrogen and oxygen atoms in total. The van der Waals surface area contributed by atoms with Crippen molar-refractivity contribution in [2.45, 2.75) is 51.8 Å². The highest BCUT2D eigenvalue weighted by Gasteiger charge is 2.24. The first-order valence-corrected chi connectivity index (χ1v) is 12.0. The number of nitrogens with zero attached hydrogens (tertiary/aromatic N) is 2. The lowest BCUT2D eigenvalue weighted by Crippen LogP contribution is -2.44. The second kappa shape index (κ2) is 11.2. The van der Waals surface area contributed by atoms with Crippen molar-refractivity contribution in [3.8, 4) is 0 Å². The number of anilines is 2. The Balaban J connectivity index is 1.33. The van der Waals surface area contributed by atoms with Crippen LogP contribution in [0.1, 0.15) is 37.3 Å². The summed E-state index contributed by atoms with van der Waals surface area (Å²) in [5, 5.41) is 9.92. The summed E-state index contributed by atoms with van der Waals surface area (Å²) in [6.45, 7) is 8.18. The summed E-state index contributed by atoms with van der Waals surface area (Å²) in [7, 11) is 0. The molecule has 0 spiro atoms. The van der Waals surface area contributed by atoms with E-state index in [0.29, 0.717) is 19.2 Å². The molecule has 2 heterocycles. The minimum atomic E-state index is -0.331. The number of hydrogen-bond donors (Lipinski definition) is 3. The first-order chi connectivity index (χ1) is 16.1. The first-order valence-electron chi connectivity index (χ1n) is 12.0. The van der Waals surface area contributed by atoms with Crippen LogP contribution in [0.25, 0.3) is 0 Å². The molecule has 2 aliphatic heterocycles. The van der Waals surface area contributed by atoms with Crippen molar-refractivity contribution >= 4 is 23.2 Å². The summed E-state index contributed by atoms with van der Waals surface area (Å²) in [6, 6.07) is 16.9. The van der Waals surface area contributed by atoms with Crippen molar-refractivity contribution in [1.29, 1.82) is 0 Å². The number of ether oxygens (including phenoxy) is 1. The highest BCUT2D eigenvalue weighted by Crippen LogP contribution is 2.21. The molecule has 176 valence electrons. The van der Waals surface area contributed by atoms with Gasteiger partial charge in [0, 0.05) is 43.7 Å². The molecule has 2 saturated heterocycles. The van der Waals surface area contributed by atoms with Crippen molar-refractivity contribution in [3.63, 3.8) is 0 Å². The quantitative estimate of drug-likeness (QED) is 0.446. The smallest absolute Gasteiger partial charge is 0.253 e. The average molecular weight is 450 g/mol. The number of nitrogens with one attached hydrogen (secondary N) is 3. The van der Waals surface area contributed by atoms with Crippen LogP contribution in [-0.4, -0.2) is 50.3 Å². The third-order valence-electron chi connectivity index (χ3n) is 6.11. The molecule has 0 bridgehead atoms. The summed E-state index contributed by atoms with van der Waals surface area (Å²) in [4.78, 5) is 19.5. The number of guanidine groups is 1. The van der Waals surface area contributed by atoms with Crippen LogP contribution in [0.3, 0.4) is 0 Å². The third-order valence-corrected chi connectivity index (χ3v) is 6.11. The number of aliphatic imine (C=N–C) groups is 1. The van der Waals surface area contributed by atoms with E-state index in [4.69, 9.17) is 9.73 Å².